The van der Waals surface area contributed by atoms with Gasteiger partial charge in [0.25, 0.3) is 0 Å². The van der Waals surface area contributed by atoms with Crippen LogP contribution >= 0.6 is 0 Å². The number of carbonyl (C=O) groups is 1. The summed E-state index contributed by atoms with van der Waals surface area (Å²) in [6, 6.07) is 8.89. The Kier molecular flexibility index (Phi) is 5.43. The maximum absolute atomic E-state index is 12.4. The highest BCUT2D eigenvalue weighted by molar-refractivity contribution is 5.98. The third kappa shape index (κ3) is 3.66. The highest BCUT2D eigenvalue weighted by atomic mass is 16.2. The third-order valence-corrected chi connectivity index (χ3v) is 6.68. The number of fused-ring (bicyclic) bond motifs is 2. The summed E-state index contributed by atoms with van der Waals surface area (Å²) in [5, 5.41) is 9.47. The van der Waals surface area contributed by atoms with E-state index in [1.54, 1.807) is 0 Å². The molecule has 0 aliphatic carbocycles. The van der Waals surface area contributed by atoms with E-state index in [1.807, 2.05) is 36.3 Å². The molecule has 5 rings (SSSR count). The minimum Gasteiger partial charge on any atom is -0.354 e. The number of pyridine rings is 1. The van der Waals surface area contributed by atoms with Gasteiger partial charge < -0.3 is 14.8 Å². The number of aromatic amines is 2. The number of likely N-dealkylation sites (N-methyl/N-ethyl adjacent to an activating group) is 1. The van der Waals surface area contributed by atoms with Crippen molar-refractivity contribution in [2.75, 3.05) is 33.7 Å². The average molecular weight is 431 g/mol. The summed E-state index contributed by atoms with van der Waals surface area (Å²) in [6.07, 6.45) is 6.65. The Morgan fingerprint density at radius 3 is 2.75 bits per heavy atom. The standard InChI is InChI=1S/C25H30N6O/c1-4-18-20-13-17(16-8-11-31(12-9-16)23(32)15-30(2)3)5-6-22(20)28-24(18)19-7-10-26-25-21(19)14-27-29-25/h5-7,10,13-14,16,28H,4,8-9,11-12,15H2,1-3H3,(H,26,27,29). The molecule has 1 amide bonds. The van der Waals surface area contributed by atoms with Gasteiger partial charge in [-0.15, -0.1) is 0 Å². The van der Waals surface area contributed by atoms with E-state index in [1.165, 1.54) is 16.5 Å². The van der Waals surface area contributed by atoms with E-state index in [-0.39, 0.29) is 5.91 Å². The van der Waals surface area contributed by atoms with Crippen molar-refractivity contribution in [2.45, 2.75) is 32.1 Å². The highest BCUT2D eigenvalue weighted by Gasteiger charge is 2.25. The van der Waals surface area contributed by atoms with E-state index in [0.717, 1.165) is 60.2 Å². The minimum absolute atomic E-state index is 0.232. The normalized spacial score (nSPS) is 15.3. The second-order valence-corrected chi connectivity index (χ2v) is 9.02. The summed E-state index contributed by atoms with van der Waals surface area (Å²) in [7, 11) is 3.89. The molecule has 166 valence electrons. The zero-order chi connectivity index (χ0) is 22.2. The van der Waals surface area contributed by atoms with Crippen LogP contribution < -0.4 is 0 Å². The molecular weight excluding hydrogens is 400 g/mol. The van der Waals surface area contributed by atoms with Gasteiger partial charge in [0, 0.05) is 41.1 Å². The lowest BCUT2D eigenvalue weighted by molar-refractivity contribution is -0.132. The molecule has 0 saturated carbocycles. The SMILES string of the molecule is CCc1c(-c2ccnc3[nH]ncc23)[nH]c2ccc(C3CCN(C(=O)CN(C)C)CC3)cc12. The zero-order valence-corrected chi connectivity index (χ0v) is 19.0. The molecule has 0 spiro atoms. The van der Waals surface area contributed by atoms with Gasteiger partial charge in [0.05, 0.1) is 18.4 Å². The first-order chi connectivity index (χ1) is 15.5. The molecule has 1 aromatic carbocycles. The summed E-state index contributed by atoms with van der Waals surface area (Å²) >= 11 is 0. The fourth-order valence-electron chi connectivity index (χ4n) is 5.02. The van der Waals surface area contributed by atoms with Gasteiger partial charge in [0.1, 0.15) is 0 Å². The predicted molar refractivity (Wildman–Crippen MR) is 128 cm³/mol. The Hall–Kier alpha value is -3.19. The first-order valence-electron chi connectivity index (χ1n) is 11.4. The number of hydrogen-bond donors (Lipinski definition) is 2. The number of nitrogens with zero attached hydrogens (tertiary/aromatic N) is 4. The number of rotatable bonds is 5. The first kappa shape index (κ1) is 20.7. The van der Waals surface area contributed by atoms with Crippen LogP contribution in [0.3, 0.4) is 0 Å². The second kappa shape index (κ2) is 8.39. The molecule has 1 aliphatic rings. The van der Waals surface area contributed by atoms with Gasteiger partial charge in [-0.05, 0) is 68.6 Å². The fourth-order valence-corrected chi connectivity index (χ4v) is 5.02. The lowest BCUT2D eigenvalue weighted by Crippen LogP contribution is -2.42. The number of aromatic nitrogens is 4. The zero-order valence-electron chi connectivity index (χ0n) is 19.0. The number of aryl methyl sites for hydroxylation is 1. The molecule has 1 fully saturated rings. The smallest absolute Gasteiger partial charge is 0.236 e. The van der Waals surface area contributed by atoms with Crippen LogP contribution in [0.5, 0.6) is 0 Å². The van der Waals surface area contributed by atoms with Crippen LogP contribution in [0, 0.1) is 0 Å². The summed E-state index contributed by atoms with van der Waals surface area (Å²) < 4.78 is 0. The van der Waals surface area contributed by atoms with E-state index >= 15 is 0 Å². The molecule has 7 heteroatoms. The Balaban J connectivity index is 1.44. The number of carbonyl (C=O) groups excluding carboxylic acids is 1. The molecule has 4 aromatic rings. The Labute approximate surface area is 187 Å². The molecule has 1 saturated heterocycles. The number of nitrogens with one attached hydrogen (secondary N) is 2. The van der Waals surface area contributed by atoms with Crippen LogP contribution in [0.25, 0.3) is 33.2 Å². The van der Waals surface area contributed by atoms with E-state index in [4.69, 9.17) is 0 Å². The van der Waals surface area contributed by atoms with Crippen molar-refractivity contribution in [1.82, 2.24) is 30.0 Å². The lowest BCUT2D eigenvalue weighted by atomic mass is 9.88. The van der Waals surface area contributed by atoms with Gasteiger partial charge in [0.15, 0.2) is 5.65 Å². The number of amides is 1. The van der Waals surface area contributed by atoms with Crippen molar-refractivity contribution in [3.63, 3.8) is 0 Å². The Morgan fingerprint density at radius 2 is 2.00 bits per heavy atom. The van der Waals surface area contributed by atoms with Crippen LogP contribution in [0.1, 0.15) is 36.8 Å². The Bertz CT molecular complexity index is 1260. The molecular formula is C25H30N6O. The average Bonchev–Trinajstić information content (AvgIpc) is 3.42. The van der Waals surface area contributed by atoms with Gasteiger partial charge in [-0.3, -0.25) is 9.89 Å². The molecule has 0 bridgehead atoms. The van der Waals surface area contributed by atoms with Gasteiger partial charge in [0.2, 0.25) is 5.91 Å². The topological polar surface area (TPSA) is 80.9 Å². The first-order valence-corrected chi connectivity index (χ1v) is 11.4. The molecule has 0 atom stereocenters. The number of H-pyrrole nitrogens is 2. The molecule has 7 nitrogen and oxygen atoms in total. The minimum atomic E-state index is 0.232. The summed E-state index contributed by atoms with van der Waals surface area (Å²) in [5.74, 6) is 0.725. The Morgan fingerprint density at radius 1 is 1.19 bits per heavy atom. The monoisotopic (exact) mass is 430 g/mol. The maximum Gasteiger partial charge on any atom is 0.236 e. The molecule has 2 N–H and O–H groups in total. The van der Waals surface area contributed by atoms with Crippen molar-refractivity contribution in [1.29, 1.82) is 0 Å². The lowest BCUT2D eigenvalue weighted by Gasteiger charge is -2.33. The van der Waals surface area contributed by atoms with Crippen LogP contribution in [-0.2, 0) is 11.2 Å². The fraction of sp³-hybridized carbons (Fsp3) is 0.400. The van der Waals surface area contributed by atoms with Crippen LogP contribution in [-0.4, -0.2) is 69.6 Å². The number of benzene rings is 1. The van der Waals surface area contributed by atoms with Crippen molar-refractivity contribution in [2.24, 2.45) is 0 Å². The van der Waals surface area contributed by atoms with Crippen LogP contribution in [0.2, 0.25) is 0 Å². The predicted octanol–water partition coefficient (Wildman–Crippen LogP) is 3.94. The number of piperidine rings is 1. The molecule has 1 aliphatic heterocycles. The van der Waals surface area contributed by atoms with E-state index in [0.29, 0.717) is 12.5 Å². The largest absolute Gasteiger partial charge is 0.354 e. The summed E-state index contributed by atoms with van der Waals surface area (Å²) in [6.45, 7) is 4.37. The molecule has 32 heavy (non-hydrogen) atoms. The van der Waals surface area contributed by atoms with Crippen LogP contribution in [0.15, 0.2) is 36.7 Å². The van der Waals surface area contributed by atoms with Crippen LogP contribution in [0.4, 0.5) is 0 Å². The van der Waals surface area contributed by atoms with E-state index in [2.05, 4.69) is 51.4 Å². The van der Waals surface area contributed by atoms with Gasteiger partial charge in [-0.25, -0.2) is 4.98 Å². The van der Waals surface area contributed by atoms with Gasteiger partial charge >= 0.3 is 0 Å². The molecule has 4 heterocycles. The van der Waals surface area contributed by atoms with Crippen molar-refractivity contribution in [3.8, 4) is 11.3 Å². The second-order valence-electron chi connectivity index (χ2n) is 9.02. The molecule has 0 unspecified atom stereocenters. The summed E-state index contributed by atoms with van der Waals surface area (Å²) in [5.41, 5.74) is 6.95. The van der Waals surface area contributed by atoms with E-state index < -0.39 is 0 Å². The molecule has 0 radical (unpaired) electrons. The maximum atomic E-state index is 12.4. The third-order valence-electron chi connectivity index (χ3n) is 6.68. The number of likely N-dealkylation sites (tertiary alicyclic amines) is 1. The summed E-state index contributed by atoms with van der Waals surface area (Å²) in [4.78, 5) is 24.4. The molecule has 3 aromatic heterocycles. The highest BCUT2D eigenvalue weighted by Crippen LogP contribution is 2.36. The van der Waals surface area contributed by atoms with Gasteiger partial charge in [-0.1, -0.05) is 13.0 Å². The van der Waals surface area contributed by atoms with Crippen molar-refractivity contribution < 1.29 is 4.79 Å². The quantitative estimate of drug-likeness (QED) is 0.503. The van der Waals surface area contributed by atoms with Crippen molar-refractivity contribution >= 4 is 27.8 Å². The van der Waals surface area contributed by atoms with Crippen molar-refractivity contribution in [3.05, 3.63) is 47.8 Å². The van der Waals surface area contributed by atoms with Gasteiger partial charge in [-0.2, -0.15) is 5.10 Å². The van der Waals surface area contributed by atoms with E-state index in [9.17, 15) is 4.79 Å². The number of hydrogen-bond acceptors (Lipinski definition) is 4.